The van der Waals surface area contributed by atoms with Crippen LogP contribution in [-0.2, 0) is 6.54 Å². The van der Waals surface area contributed by atoms with E-state index in [2.05, 4.69) is 48.9 Å². The van der Waals surface area contributed by atoms with E-state index in [1.807, 2.05) is 0 Å². The fourth-order valence-corrected chi connectivity index (χ4v) is 2.79. The molecule has 1 aliphatic rings. The van der Waals surface area contributed by atoms with Crippen molar-refractivity contribution in [2.45, 2.75) is 33.4 Å². The van der Waals surface area contributed by atoms with Gasteiger partial charge < -0.3 is 9.88 Å². The van der Waals surface area contributed by atoms with Gasteiger partial charge in [-0.2, -0.15) is 0 Å². The number of aryl methyl sites for hydroxylation is 2. The molecule has 1 aliphatic heterocycles. The molecule has 1 aromatic heterocycles. The second-order valence-electron chi connectivity index (χ2n) is 4.93. The first kappa shape index (κ1) is 9.91. The highest BCUT2D eigenvalue weighted by atomic mass is 15.1. The summed E-state index contributed by atoms with van der Waals surface area (Å²) < 4.78 is 2.51. The van der Waals surface area contributed by atoms with Gasteiger partial charge in [0.05, 0.1) is 5.52 Å². The van der Waals surface area contributed by atoms with Crippen LogP contribution in [0.15, 0.2) is 18.2 Å². The minimum Gasteiger partial charge on any atom is -0.339 e. The molecule has 16 heavy (non-hydrogen) atoms. The van der Waals surface area contributed by atoms with Crippen LogP contribution in [0.4, 0.5) is 0 Å². The zero-order chi connectivity index (χ0) is 11.3. The molecule has 0 saturated heterocycles. The Hall–Kier alpha value is -1.28. The first-order valence-corrected chi connectivity index (χ1v) is 5.99. The SMILES string of the molecule is Cc1ccc2cc3n(c2c1C)C(C)CNC3. The van der Waals surface area contributed by atoms with E-state index in [4.69, 9.17) is 0 Å². The molecule has 0 amide bonds. The molecule has 2 heteroatoms. The minimum absolute atomic E-state index is 0.557. The van der Waals surface area contributed by atoms with E-state index in [9.17, 15) is 0 Å². The number of fused-ring (bicyclic) bond motifs is 3. The Kier molecular flexibility index (Phi) is 2.08. The van der Waals surface area contributed by atoms with Crippen molar-refractivity contribution in [3.8, 4) is 0 Å². The maximum atomic E-state index is 3.46. The summed E-state index contributed by atoms with van der Waals surface area (Å²) in [5.74, 6) is 0. The second kappa shape index (κ2) is 3.36. The normalized spacial score (nSPS) is 20.1. The zero-order valence-corrected chi connectivity index (χ0v) is 10.2. The van der Waals surface area contributed by atoms with Crippen LogP contribution in [-0.4, -0.2) is 11.1 Å². The highest BCUT2D eigenvalue weighted by Gasteiger charge is 2.19. The van der Waals surface area contributed by atoms with Gasteiger partial charge in [-0.25, -0.2) is 0 Å². The third-order valence-electron chi connectivity index (χ3n) is 3.79. The Labute approximate surface area is 96.3 Å². The van der Waals surface area contributed by atoms with E-state index in [0.717, 1.165) is 13.1 Å². The molecule has 0 radical (unpaired) electrons. The third-order valence-corrected chi connectivity index (χ3v) is 3.79. The number of nitrogens with zero attached hydrogens (tertiary/aromatic N) is 1. The van der Waals surface area contributed by atoms with E-state index in [1.54, 1.807) is 0 Å². The molecular formula is C14H18N2. The molecule has 2 aromatic rings. The molecule has 1 unspecified atom stereocenters. The Morgan fingerprint density at radius 3 is 2.94 bits per heavy atom. The van der Waals surface area contributed by atoms with Crippen LogP contribution in [0.3, 0.4) is 0 Å². The molecular weight excluding hydrogens is 196 g/mol. The summed E-state index contributed by atoms with van der Waals surface area (Å²) in [5, 5.41) is 4.85. The minimum atomic E-state index is 0.557. The first-order valence-electron chi connectivity index (χ1n) is 5.99. The van der Waals surface area contributed by atoms with E-state index in [1.165, 1.54) is 27.7 Å². The van der Waals surface area contributed by atoms with Gasteiger partial charge in [0.2, 0.25) is 0 Å². The largest absolute Gasteiger partial charge is 0.339 e. The lowest BCUT2D eigenvalue weighted by atomic mass is 10.1. The fraction of sp³-hybridized carbons (Fsp3) is 0.429. The highest BCUT2D eigenvalue weighted by Crippen LogP contribution is 2.30. The molecule has 0 bridgehead atoms. The van der Waals surface area contributed by atoms with E-state index >= 15 is 0 Å². The summed E-state index contributed by atoms with van der Waals surface area (Å²) in [4.78, 5) is 0. The van der Waals surface area contributed by atoms with Gasteiger partial charge in [0, 0.05) is 30.2 Å². The summed E-state index contributed by atoms with van der Waals surface area (Å²) in [6, 6.07) is 7.35. The predicted octanol–water partition coefficient (Wildman–Crippen LogP) is 2.92. The lowest BCUT2D eigenvalue weighted by molar-refractivity contribution is 0.439. The first-order chi connectivity index (χ1) is 7.68. The number of aromatic nitrogens is 1. The molecule has 3 rings (SSSR count). The number of hydrogen-bond acceptors (Lipinski definition) is 1. The molecule has 1 atom stereocenters. The van der Waals surface area contributed by atoms with Crippen LogP contribution in [0.25, 0.3) is 10.9 Å². The van der Waals surface area contributed by atoms with Crippen molar-refractivity contribution in [1.82, 2.24) is 9.88 Å². The Bertz CT molecular complexity index is 551. The van der Waals surface area contributed by atoms with Gasteiger partial charge in [-0.15, -0.1) is 0 Å². The van der Waals surface area contributed by atoms with Gasteiger partial charge >= 0.3 is 0 Å². The van der Waals surface area contributed by atoms with Crippen LogP contribution in [0.1, 0.15) is 29.8 Å². The van der Waals surface area contributed by atoms with Crippen molar-refractivity contribution < 1.29 is 0 Å². The van der Waals surface area contributed by atoms with Crippen molar-refractivity contribution in [2.24, 2.45) is 0 Å². The van der Waals surface area contributed by atoms with Gasteiger partial charge in [0.1, 0.15) is 0 Å². The number of rotatable bonds is 0. The molecule has 1 N–H and O–H groups in total. The number of benzene rings is 1. The lowest BCUT2D eigenvalue weighted by Crippen LogP contribution is -2.31. The van der Waals surface area contributed by atoms with Crippen molar-refractivity contribution in [3.63, 3.8) is 0 Å². The summed E-state index contributed by atoms with van der Waals surface area (Å²) in [7, 11) is 0. The van der Waals surface area contributed by atoms with Gasteiger partial charge in [0.15, 0.2) is 0 Å². The van der Waals surface area contributed by atoms with Crippen LogP contribution in [0, 0.1) is 13.8 Å². The standard InChI is InChI=1S/C14H18N2/c1-9-4-5-12-6-13-8-15-7-10(2)16(13)14(12)11(9)3/h4-6,10,15H,7-8H2,1-3H3. The van der Waals surface area contributed by atoms with Crippen molar-refractivity contribution in [2.75, 3.05) is 6.54 Å². The van der Waals surface area contributed by atoms with Crippen molar-refractivity contribution >= 4 is 10.9 Å². The van der Waals surface area contributed by atoms with Gasteiger partial charge in [0.25, 0.3) is 0 Å². The van der Waals surface area contributed by atoms with Gasteiger partial charge in [-0.3, -0.25) is 0 Å². The number of nitrogens with one attached hydrogen (secondary N) is 1. The average Bonchev–Trinajstić information content (AvgIpc) is 2.64. The van der Waals surface area contributed by atoms with Gasteiger partial charge in [-0.05, 0) is 38.0 Å². The Morgan fingerprint density at radius 2 is 2.12 bits per heavy atom. The van der Waals surface area contributed by atoms with Gasteiger partial charge in [-0.1, -0.05) is 12.1 Å². The van der Waals surface area contributed by atoms with Crippen LogP contribution in [0.5, 0.6) is 0 Å². The molecule has 1 aromatic carbocycles. The van der Waals surface area contributed by atoms with Crippen molar-refractivity contribution in [3.05, 3.63) is 35.0 Å². The Morgan fingerprint density at radius 1 is 1.31 bits per heavy atom. The third kappa shape index (κ3) is 1.23. The van der Waals surface area contributed by atoms with E-state index in [0.29, 0.717) is 6.04 Å². The fourth-order valence-electron chi connectivity index (χ4n) is 2.79. The zero-order valence-electron chi connectivity index (χ0n) is 10.2. The van der Waals surface area contributed by atoms with Crippen LogP contribution >= 0.6 is 0 Å². The summed E-state index contributed by atoms with van der Waals surface area (Å²) >= 11 is 0. The van der Waals surface area contributed by atoms with E-state index < -0.39 is 0 Å². The maximum Gasteiger partial charge on any atom is 0.0518 e. The molecule has 0 spiro atoms. The average molecular weight is 214 g/mol. The monoisotopic (exact) mass is 214 g/mol. The number of hydrogen-bond donors (Lipinski definition) is 1. The topological polar surface area (TPSA) is 17.0 Å². The quantitative estimate of drug-likeness (QED) is 0.713. The van der Waals surface area contributed by atoms with Crippen LogP contribution < -0.4 is 5.32 Å². The van der Waals surface area contributed by atoms with E-state index in [-0.39, 0.29) is 0 Å². The van der Waals surface area contributed by atoms with Crippen molar-refractivity contribution in [1.29, 1.82) is 0 Å². The molecule has 84 valence electrons. The Balaban J connectivity index is 2.40. The summed E-state index contributed by atoms with van der Waals surface area (Å²) in [6.07, 6.45) is 0. The second-order valence-corrected chi connectivity index (χ2v) is 4.93. The molecule has 0 fully saturated rings. The molecule has 2 heterocycles. The van der Waals surface area contributed by atoms with Crippen LogP contribution in [0.2, 0.25) is 0 Å². The lowest BCUT2D eigenvalue weighted by Gasteiger charge is -2.25. The molecule has 0 aliphatic carbocycles. The summed E-state index contributed by atoms with van der Waals surface area (Å²) in [6.45, 7) is 8.79. The predicted molar refractivity (Wildman–Crippen MR) is 67.8 cm³/mol. The molecule has 0 saturated carbocycles. The highest BCUT2D eigenvalue weighted by molar-refractivity contribution is 5.85. The summed E-state index contributed by atoms with van der Waals surface area (Å²) in [5.41, 5.74) is 5.67. The maximum absolute atomic E-state index is 3.46. The molecule has 2 nitrogen and oxygen atoms in total. The smallest absolute Gasteiger partial charge is 0.0518 e.